The number of fused-ring (bicyclic) bond motifs is 1. The number of anilines is 1. The van der Waals surface area contributed by atoms with Gasteiger partial charge in [-0.25, -0.2) is 4.98 Å². The van der Waals surface area contributed by atoms with Crippen molar-refractivity contribution in [1.29, 1.82) is 0 Å². The van der Waals surface area contributed by atoms with E-state index in [1.54, 1.807) is 7.11 Å². The fraction of sp³-hybridized carbons (Fsp3) is 0.375. The highest BCUT2D eigenvalue weighted by molar-refractivity contribution is 9.10. The van der Waals surface area contributed by atoms with Crippen molar-refractivity contribution in [3.05, 3.63) is 16.2 Å². The number of pyridine rings is 1. The largest absolute Gasteiger partial charge is 0.481 e. The summed E-state index contributed by atoms with van der Waals surface area (Å²) in [5.41, 5.74) is 2.38. The Morgan fingerprint density at radius 3 is 3.25 bits per heavy atom. The summed E-state index contributed by atoms with van der Waals surface area (Å²) in [7, 11) is 1.63. The molecule has 0 radical (unpaired) electrons. The smallest absolute Gasteiger partial charge is 0.214 e. The minimum absolute atomic E-state index is 0.671. The van der Waals surface area contributed by atoms with Crippen LogP contribution in [0.25, 0.3) is 0 Å². The first-order valence-electron chi connectivity index (χ1n) is 3.78. The fourth-order valence-corrected chi connectivity index (χ4v) is 1.92. The van der Waals surface area contributed by atoms with E-state index in [2.05, 4.69) is 26.2 Å². The molecule has 0 amide bonds. The van der Waals surface area contributed by atoms with Crippen LogP contribution in [0.4, 0.5) is 5.69 Å². The Morgan fingerprint density at radius 2 is 2.50 bits per heavy atom. The van der Waals surface area contributed by atoms with Crippen LogP contribution in [-0.4, -0.2) is 18.6 Å². The molecule has 3 nitrogen and oxygen atoms in total. The maximum absolute atomic E-state index is 5.05. The van der Waals surface area contributed by atoms with Crippen molar-refractivity contribution in [2.24, 2.45) is 0 Å². The molecular formula is C8H9BrN2O. The molecule has 1 aromatic heterocycles. The summed E-state index contributed by atoms with van der Waals surface area (Å²) >= 11 is 3.39. The molecule has 1 aromatic rings. The van der Waals surface area contributed by atoms with E-state index in [0.29, 0.717) is 5.88 Å². The van der Waals surface area contributed by atoms with Crippen molar-refractivity contribution in [3.8, 4) is 5.88 Å². The molecule has 0 aliphatic carbocycles. The summed E-state index contributed by atoms with van der Waals surface area (Å²) in [4.78, 5) is 4.20. The molecule has 0 spiro atoms. The number of hydrogen-bond acceptors (Lipinski definition) is 3. The van der Waals surface area contributed by atoms with Gasteiger partial charge >= 0.3 is 0 Å². The van der Waals surface area contributed by atoms with Crippen molar-refractivity contribution in [2.45, 2.75) is 6.42 Å². The Hall–Kier alpha value is -0.770. The highest BCUT2D eigenvalue weighted by atomic mass is 79.9. The number of methoxy groups -OCH3 is 1. The van der Waals surface area contributed by atoms with Crippen molar-refractivity contribution in [3.63, 3.8) is 0 Å². The Morgan fingerprint density at radius 1 is 1.67 bits per heavy atom. The molecule has 0 bridgehead atoms. The van der Waals surface area contributed by atoms with Gasteiger partial charge in [-0.2, -0.15) is 0 Å². The van der Waals surface area contributed by atoms with Crippen LogP contribution in [0.1, 0.15) is 5.56 Å². The van der Waals surface area contributed by atoms with E-state index >= 15 is 0 Å². The summed E-state index contributed by atoms with van der Waals surface area (Å²) in [6, 6.07) is 1.97. The third-order valence-corrected chi connectivity index (χ3v) is 2.51. The zero-order valence-electron chi connectivity index (χ0n) is 6.72. The summed E-state index contributed by atoms with van der Waals surface area (Å²) in [5.74, 6) is 0.671. The molecule has 2 heterocycles. The van der Waals surface area contributed by atoms with Crippen LogP contribution in [0.15, 0.2) is 10.7 Å². The molecular weight excluding hydrogens is 220 g/mol. The molecule has 2 rings (SSSR count). The molecule has 0 atom stereocenters. The SMILES string of the molecule is COc1cc2c(c(Br)n1)NCC2. The number of ether oxygens (including phenoxy) is 1. The van der Waals surface area contributed by atoms with Gasteiger partial charge in [-0.1, -0.05) is 0 Å². The molecule has 1 aliphatic heterocycles. The van der Waals surface area contributed by atoms with Crippen LogP contribution in [0.2, 0.25) is 0 Å². The minimum Gasteiger partial charge on any atom is -0.481 e. The number of halogens is 1. The minimum atomic E-state index is 0.671. The van der Waals surface area contributed by atoms with E-state index in [1.165, 1.54) is 5.56 Å². The van der Waals surface area contributed by atoms with Crippen molar-refractivity contribution in [2.75, 3.05) is 19.0 Å². The van der Waals surface area contributed by atoms with Gasteiger partial charge in [0, 0.05) is 12.6 Å². The molecule has 0 unspecified atom stereocenters. The van der Waals surface area contributed by atoms with Gasteiger partial charge in [0.05, 0.1) is 12.8 Å². The van der Waals surface area contributed by atoms with Crippen LogP contribution in [0.5, 0.6) is 5.88 Å². The molecule has 1 N–H and O–H groups in total. The average Bonchev–Trinajstić information content (AvgIpc) is 2.52. The number of rotatable bonds is 1. The lowest BCUT2D eigenvalue weighted by Crippen LogP contribution is -1.93. The van der Waals surface area contributed by atoms with Gasteiger partial charge < -0.3 is 10.1 Å². The number of nitrogens with one attached hydrogen (secondary N) is 1. The first kappa shape index (κ1) is 7.86. The van der Waals surface area contributed by atoms with Gasteiger partial charge in [0.2, 0.25) is 5.88 Å². The molecule has 12 heavy (non-hydrogen) atoms. The van der Waals surface area contributed by atoms with Gasteiger partial charge in [-0.3, -0.25) is 0 Å². The lowest BCUT2D eigenvalue weighted by atomic mass is 10.2. The molecule has 64 valence electrons. The van der Waals surface area contributed by atoms with E-state index in [-0.39, 0.29) is 0 Å². The second-order valence-electron chi connectivity index (χ2n) is 2.67. The lowest BCUT2D eigenvalue weighted by Gasteiger charge is -2.04. The van der Waals surface area contributed by atoms with Crippen LogP contribution >= 0.6 is 15.9 Å². The topological polar surface area (TPSA) is 34.1 Å². The maximum atomic E-state index is 5.05. The Kier molecular flexibility index (Phi) is 1.92. The molecule has 0 aromatic carbocycles. The Bertz CT molecular complexity index is 314. The zero-order valence-corrected chi connectivity index (χ0v) is 8.31. The summed E-state index contributed by atoms with van der Waals surface area (Å²) in [6.07, 6.45) is 1.05. The first-order valence-corrected chi connectivity index (χ1v) is 4.58. The predicted octanol–water partition coefficient (Wildman–Crippen LogP) is 1.82. The van der Waals surface area contributed by atoms with Crippen LogP contribution < -0.4 is 10.1 Å². The number of hydrogen-bond donors (Lipinski definition) is 1. The fourth-order valence-electron chi connectivity index (χ4n) is 1.35. The highest BCUT2D eigenvalue weighted by Gasteiger charge is 2.15. The number of nitrogens with zero attached hydrogens (tertiary/aromatic N) is 1. The maximum Gasteiger partial charge on any atom is 0.214 e. The lowest BCUT2D eigenvalue weighted by molar-refractivity contribution is 0.397. The summed E-state index contributed by atoms with van der Waals surface area (Å²) in [5, 5.41) is 3.25. The monoisotopic (exact) mass is 228 g/mol. The molecule has 0 saturated carbocycles. The van der Waals surface area contributed by atoms with E-state index < -0.39 is 0 Å². The van der Waals surface area contributed by atoms with Gasteiger partial charge in [0.25, 0.3) is 0 Å². The van der Waals surface area contributed by atoms with Gasteiger partial charge in [0.15, 0.2) is 0 Å². The molecule has 4 heteroatoms. The van der Waals surface area contributed by atoms with Crippen molar-refractivity contribution < 1.29 is 4.74 Å². The molecule has 0 fully saturated rings. The van der Waals surface area contributed by atoms with E-state index in [4.69, 9.17) is 4.74 Å². The van der Waals surface area contributed by atoms with E-state index in [1.807, 2.05) is 6.07 Å². The van der Waals surface area contributed by atoms with Gasteiger partial charge in [-0.05, 0) is 27.9 Å². The average molecular weight is 229 g/mol. The van der Waals surface area contributed by atoms with E-state index in [0.717, 1.165) is 23.3 Å². The Balaban J connectivity index is 2.51. The normalized spacial score (nSPS) is 13.8. The van der Waals surface area contributed by atoms with Crippen molar-refractivity contribution in [1.82, 2.24) is 4.98 Å². The highest BCUT2D eigenvalue weighted by Crippen LogP contribution is 2.31. The predicted molar refractivity (Wildman–Crippen MR) is 50.7 cm³/mol. The van der Waals surface area contributed by atoms with Crippen LogP contribution in [0, 0.1) is 0 Å². The second kappa shape index (κ2) is 2.94. The van der Waals surface area contributed by atoms with Crippen LogP contribution in [-0.2, 0) is 6.42 Å². The standard InChI is InChI=1S/C8H9BrN2O/c1-12-6-4-5-2-3-10-7(5)8(9)11-6/h4,10H,2-3H2,1H3. The quantitative estimate of drug-likeness (QED) is 0.746. The van der Waals surface area contributed by atoms with E-state index in [9.17, 15) is 0 Å². The van der Waals surface area contributed by atoms with Crippen molar-refractivity contribution >= 4 is 21.6 Å². The third-order valence-electron chi connectivity index (χ3n) is 1.94. The first-order chi connectivity index (χ1) is 5.81. The van der Waals surface area contributed by atoms with Crippen LogP contribution in [0.3, 0.4) is 0 Å². The summed E-state index contributed by atoms with van der Waals surface area (Å²) in [6.45, 7) is 0.989. The third kappa shape index (κ3) is 1.16. The number of aromatic nitrogens is 1. The summed E-state index contributed by atoms with van der Waals surface area (Å²) < 4.78 is 5.89. The second-order valence-corrected chi connectivity index (χ2v) is 3.42. The van der Waals surface area contributed by atoms with Gasteiger partial charge in [-0.15, -0.1) is 0 Å². The van der Waals surface area contributed by atoms with Gasteiger partial charge in [0.1, 0.15) is 4.60 Å². The molecule has 0 saturated heterocycles. The Labute approximate surface area is 79.3 Å². The zero-order chi connectivity index (χ0) is 8.55. The molecule has 1 aliphatic rings.